The normalized spacial score (nSPS) is 14.1. The Balaban J connectivity index is 2.29. The van der Waals surface area contributed by atoms with Gasteiger partial charge in [-0.2, -0.15) is 0 Å². The van der Waals surface area contributed by atoms with Crippen LogP contribution in [0.4, 0.5) is 0 Å². The van der Waals surface area contributed by atoms with E-state index in [9.17, 15) is 0 Å². The molecule has 2 nitrogen and oxygen atoms in total. The Bertz CT molecular complexity index is 363. The largest absolute Gasteiger partial charge is 0.494 e. The first kappa shape index (κ1) is 18.0. The Morgan fingerprint density at radius 1 is 1.14 bits per heavy atom. The zero-order chi connectivity index (χ0) is 15.6. The van der Waals surface area contributed by atoms with Gasteiger partial charge in [0.05, 0.1) is 6.61 Å². The molecule has 0 aliphatic heterocycles. The number of hydrogen-bond donors (Lipinski definition) is 1. The van der Waals surface area contributed by atoms with Gasteiger partial charge in [-0.05, 0) is 49.3 Å². The van der Waals surface area contributed by atoms with E-state index in [0.717, 1.165) is 37.8 Å². The van der Waals surface area contributed by atoms with Crippen molar-refractivity contribution in [1.29, 1.82) is 0 Å². The van der Waals surface area contributed by atoms with Gasteiger partial charge in [-0.3, -0.25) is 0 Å². The third-order valence-corrected chi connectivity index (χ3v) is 3.89. The van der Waals surface area contributed by atoms with Crippen LogP contribution in [0, 0.1) is 11.3 Å². The molecule has 0 bridgehead atoms. The number of nitrogens with one attached hydrogen (secondary N) is 1. The standard InChI is InChI=1S/C19H33NO/c1-5-12-19(4,16-20-15-17(2)3)13-9-14-21-18-10-7-6-8-11-18/h6-8,10-11,17,20H,5,9,12-16H2,1-4H3. The van der Waals surface area contributed by atoms with Gasteiger partial charge in [-0.1, -0.05) is 52.3 Å². The average molecular weight is 291 g/mol. The predicted molar refractivity (Wildman–Crippen MR) is 91.9 cm³/mol. The number of ether oxygens (including phenoxy) is 1. The third kappa shape index (κ3) is 8.11. The molecular formula is C19H33NO. The van der Waals surface area contributed by atoms with Gasteiger partial charge in [0.25, 0.3) is 0 Å². The van der Waals surface area contributed by atoms with E-state index in [0.29, 0.717) is 5.41 Å². The molecule has 0 radical (unpaired) electrons. The maximum atomic E-state index is 5.80. The van der Waals surface area contributed by atoms with Crippen LogP contribution in [0.3, 0.4) is 0 Å². The Kier molecular flexibility index (Phi) is 8.44. The molecule has 0 amide bonds. The highest BCUT2D eigenvalue weighted by molar-refractivity contribution is 5.20. The molecule has 0 aliphatic carbocycles. The fraction of sp³-hybridized carbons (Fsp3) is 0.684. The van der Waals surface area contributed by atoms with Crippen molar-refractivity contribution < 1.29 is 4.74 Å². The van der Waals surface area contributed by atoms with E-state index in [1.54, 1.807) is 0 Å². The lowest BCUT2D eigenvalue weighted by atomic mass is 9.81. The summed E-state index contributed by atoms with van der Waals surface area (Å²) in [5.41, 5.74) is 0.393. The van der Waals surface area contributed by atoms with Crippen molar-refractivity contribution in [2.24, 2.45) is 11.3 Å². The van der Waals surface area contributed by atoms with Crippen LogP contribution in [0.5, 0.6) is 5.75 Å². The van der Waals surface area contributed by atoms with Crippen LogP contribution in [-0.2, 0) is 0 Å². The summed E-state index contributed by atoms with van der Waals surface area (Å²) in [5, 5.41) is 3.63. The predicted octanol–water partition coefficient (Wildman–Crippen LogP) is 4.90. The van der Waals surface area contributed by atoms with Crippen molar-refractivity contribution in [2.75, 3.05) is 19.7 Å². The van der Waals surface area contributed by atoms with Gasteiger partial charge in [0, 0.05) is 6.54 Å². The number of benzene rings is 1. The van der Waals surface area contributed by atoms with Gasteiger partial charge in [-0.25, -0.2) is 0 Å². The molecule has 0 aromatic heterocycles. The fourth-order valence-electron chi connectivity index (χ4n) is 2.77. The second kappa shape index (κ2) is 9.83. The molecule has 0 spiro atoms. The van der Waals surface area contributed by atoms with E-state index in [4.69, 9.17) is 4.74 Å². The maximum Gasteiger partial charge on any atom is 0.119 e. The topological polar surface area (TPSA) is 21.3 Å². The van der Waals surface area contributed by atoms with Crippen molar-refractivity contribution in [3.05, 3.63) is 30.3 Å². The van der Waals surface area contributed by atoms with E-state index < -0.39 is 0 Å². The molecule has 21 heavy (non-hydrogen) atoms. The van der Waals surface area contributed by atoms with E-state index in [1.165, 1.54) is 19.3 Å². The lowest BCUT2D eigenvalue weighted by Gasteiger charge is -2.30. The minimum atomic E-state index is 0.393. The molecule has 0 aliphatic rings. The zero-order valence-electron chi connectivity index (χ0n) is 14.3. The van der Waals surface area contributed by atoms with Crippen LogP contribution in [0.1, 0.15) is 53.4 Å². The summed E-state index contributed by atoms with van der Waals surface area (Å²) in [6.07, 6.45) is 4.87. The fourth-order valence-corrected chi connectivity index (χ4v) is 2.77. The van der Waals surface area contributed by atoms with Crippen LogP contribution in [0.2, 0.25) is 0 Å². The summed E-state index contributed by atoms with van der Waals surface area (Å²) in [6, 6.07) is 10.1. The molecule has 0 fully saturated rings. The molecule has 2 heteroatoms. The summed E-state index contributed by atoms with van der Waals surface area (Å²) in [4.78, 5) is 0. The van der Waals surface area contributed by atoms with Gasteiger partial charge in [0.15, 0.2) is 0 Å². The molecule has 1 unspecified atom stereocenters. The summed E-state index contributed by atoms with van der Waals surface area (Å²) < 4.78 is 5.80. The molecule has 1 N–H and O–H groups in total. The van der Waals surface area contributed by atoms with Crippen molar-refractivity contribution in [1.82, 2.24) is 5.32 Å². The monoisotopic (exact) mass is 291 g/mol. The first-order chi connectivity index (χ1) is 10.1. The van der Waals surface area contributed by atoms with Gasteiger partial charge >= 0.3 is 0 Å². The Labute approximate surface area is 131 Å². The minimum absolute atomic E-state index is 0.393. The highest BCUT2D eigenvalue weighted by atomic mass is 16.5. The van der Waals surface area contributed by atoms with E-state index in [-0.39, 0.29) is 0 Å². The summed E-state index contributed by atoms with van der Waals surface area (Å²) in [7, 11) is 0. The molecule has 1 rings (SSSR count). The first-order valence-electron chi connectivity index (χ1n) is 8.44. The first-order valence-corrected chi connectivity index (χ1v) is 8.44. The van der Waals surface area contributed by atoms with Gasteiger partial charge < -0.3 is 10.1 Å². The van der Waals surface area contributed by atoms with Crippen molar-refractivity contribution in [3.8, 4) is 5.75 Å². The molecule has 0 heterocycles. The van der Waals surface area contributed by atoms with Crippen LogP contribution >= 0.6 is 0 Å². The van der Waals surface area contributed by atoms with Crippen LogP contribution < -0.4 is 10.1 Å². The van der Waals surface area contributed by atoms with Gasteiger partial charge in [0.1, 0.15) is 5.75 Å². The Morgan fingerprint density at radius 2 is 1.86 bits per heavy atom. The zero-order valence-corrected chi connectivity index (χ0v) is 14.3. The molecular weight excluding hydrogens is 258 g/mol. The highest BCUT2D eigenvalue weighted by Crippen LogP contribution is 2.28. The van der Waals surface area contributed by atoms with Crippen LogP contribution in [0.15, 0.2) is 30.3 Å². The minimum Gasteiger partial charge on any atom is -0.494 e. The van der Waals surface area contributed by atoms with E-state index in [1.807, 2.05) is 30.3 Å². The number of para-hydroxylation sites is 1. The molecule has 1 aromatic carbocycles. The van der Waals surface area contributed by atoms with Gasteiger partial charge in [0.2, 0.25) is 0 Å². The van der Waals surface area contributed by atoms with E-state index in [2.05, 4.69) is 33.0 Å². The van der Waals surface area contributed by atoms with Crippen molar-refractivity contribution >= 4 is 0 Å². The summed E-state index contributed by atoms with van der Waals surface area (Å²) in [6.45, 7) is 12.3. The summed E-state index contributed by atoms with van der Waals surface area (Å²) >= 11 is 0. The smallest absolute Gasteiger partial charge is 0.119 e. The lowest BCUT2D eigenvalue weighted by Crippen LogP contribution is -2.34. The third-order valence-electron chi connectivity index (χ3n) is 3.89. The number of hydrogen-bond acceptors (Lipinski definition) is 2. The highest BCUT2D eigenvalue weighted by Gasteiger charge is 2.22. The maximum absolute atomic E-state index is 5.80. The summed E-state index contributed by atoms with van der Waals surface area (Å²) in [5.74, 6) is 1.70. The van der Waals surface area contributed by atoms with Crippen LogP contribution in [0.25, 0.3) is 0 Å². The van der Waals surface area contributed by atoms with E-state index >= 15 is 0 Å². The Hall–Kier alpha value is -1.02. The second-order valence-corrected chi connectivity index (χ2v) is 6.85. The molecule has 0 saturated carbocycles. The molecule has 1 atom stereocenters. The second-order valence-electron chi connectivity index (χ2n) is 6.85. The quantitative estimate of drug-likeness (QED) is 0.586. The number of rotatable bonds is 11. The van der Waals surface area contributed by atoms with Crippen molar-refractivity contribution in [2.45, 2.75) is 53.4 Å². The molecule has 120 valence electrons. The average Bonchev–Trinajstić information content (AvgIpc) is 2.45. The lowest BCUT2D eigenvalue weighted by molar-refractivity contribution is 0.216. The van der Waals surface area contributed by atoms with Gasteiger partial charge in [-0.15, -0.1) is 0 Å². The van der Waals surface area contributed by atoms with Crippen LogP contribution in [-0.4, -0.2) is 19.7 Å². The molecule has 1 aromatic rings. The SMILES string of the molecule is CCCC(C)(CCCOc1ccccc1)CNCC(C)C. The van der Waals surface area contributed by atoms with Crippen molar-refractivity contribution in [3.63, 3.8) is 0 Å². The molecule has 0 saturated heterocycles. The Morgan fingerprint density at radius 3 is 2.48 bits per heavy atom.